The summed E-state index contributed by atoms with van der Waals surface area (Å²) >= 11 is 2.08. The summed E-state index contributed by atoms with van der Waals surface area (Å²) < 4.78 is 0. The SMILES string of the molecule is CC(C)(C)c1sc(C(C)(C)C)c2c1C1c3ccccc3C2c2ccccc21. The summed E-state index contributed by atoms with van der Waals surface area (Å²) in [4.78, 5) is 3.17. The van der Waals surface area contributed by atoms with Gasteiger partial charge in [0.1, 0.15) is 0 Å². The van der Waals surface area contributed by atoms with Crippen LogP contribution in [0.25, 0.3) is 0 Å². The maximum Gasteiger partial charge on any atom is 0.0360 e. The predicted molar refractivity (Wildman–Crippen MR) is 116 cm³/mol. The number of hydrogen-bond acceptors (Lipinski definition) is 1. The van der Waals surface area contributed by atoms with E-state index in [0.717, 1.165) is 0 Å². The average molecular weight is 373 g/mol. The second kappa shape index (κ2) is 5.35. The van der Waals surface area contributed by atoms with Crippen molar-refractivity contribution in [2.75, 3.05) is 0 Å². The molecule has 2 aromatic carbocycles. The molecule has 2 bridgehead atoms. The van der Waals surface area contributed by atoms with Gasteiger partial charge in [0, 0.05) is 21.6 Å². The van der Waals surface area contributed by atoms with Gasteiger partial charge in [0.2, 0.25) is 0 Å². The van der Waals surface area contributed by atoms with Gasteiger partial charge >= 0.3 is 0 Å². The van der Waals surface area contributed by atoms with Crippen LogP contribution in [0.3, 0.4) is 0 Å². The highest BCUT2D eigenvalue weighted by Gasteiger charge is 2.47. The standard InChI is InChI=1S/C26H28S/c1-25(2,3)23-21-19-15-11-7-9-13-17(15)20(18-14-10-8-12-16(18)19)22(21)24(27-23)26(4,5)6/h7-14,19-20H,1-6H3. The minimum atomic E-state index is 0.166. The highest BCUT2D eigenvalue weighted by atomic mass is 32.1. The van der Waals surface area contributed by atoms with Crippen LogP contribution in [0.4, 0.5) is 0 Å². The smallest absolute Gasteiger partial charge is 0.0360 e. The van der Waals surface area contributed by atoms with E-state index in [1.54, 1.807) is 20.9 Å². The molecule has 0 unspecified atom stereocenters. The Balaban J connectivity index is 1.93. The lowest BCUT2D eigenvalue weighted by Gasteiger charge is -2.43. The Labute approximate surface area is 167 Å². The summed E-state index contributed by atoms with van der Waals surface area (Å²) in [7, 11) is 0. The first kappa shape index (κ1) is 17.3. The van der Waals surface area contributed by atoms with Crippen LogP contribution in [-0.2, 0) is 10.8 Å². The van der Waals surface area contributed by atoms with Crippen molar-refractivity contribution < 1.29 is 0 Å². The molecule has 6 rings (SSSR count). The molecule has 3 aliphatic rings. The minimum Gasteiger partial charge on any atom is -0.144 e. The van der Waals surface area contributed by atoms with E-state index >= 15 is 0 Å². The Kier molecular flexibility index (Phi) is 3.42. The predicted octanol–water partition coefficient (Wildman–Crippen LogP) is 7.33. The minimum absolute atomic E-state index is 0.166. The molecule has 0 N–H and O–H groups in total. The summed E-state index contributed by atoms with van der Waals surface area (Å²) in [6.07, 6.45) is 0. The lowest BCUT2D eigenvalue weighted by atomic mass is 9.59. The molecule has 1 heterocycles. The number of rotatable bonds is 0. The van der Waals surface area contributed by atoms with Crippen LogP contribution in [-0.4, -0.2) is 0 Å². The van der Waals surface area contributed by atoms with Crippen molar-refractivity contribution in [3.8, 4) is 0 Å². The fourth-order valence-corrected chi connectivity index (χ4v) is 6.67. The lowest BCUT2D eigenvalue weighted by Crippen LogP contribution is -2.30. The molecule has 138 valence electrons. The van der Waals surface area contributed by atoms with Crippen molar-refractivity contribution in [2.24, 2.45) is 0 Å². The third kappa shape index (κ3) is 2.27. The quantitative estimate of drug-likeness (QED) is 0.267. The summed E-state index contributed by atoms with van der Waals surface area (Å²) in [5, 5.41) is 0. The Morgan fingerprint density at radius 1 is 0.556 bits per heavy atom. The number of benzene rings is 2. The summed E-state index contributed by atoms with van der Waals surface area (Å²) in [6, 6.07) is 18.3. The van der Waals surface area contributed by atoms with Gasteiger partial charge in [-0.25, -0.2) is 0 Å². The molecule has 0 nitrogen and oxygen atoms in total. The fraction of sp³-hybridized carbons (Fsp3) is 0.385. The first-order valence-corrected chi connectivity index (χ1v) is 10.9. The molecule has 1 heteroatoms. The molecule has 0 radical (unpaired) electrons. The van der Waals surface area contributed by atoms with Crippen LogP contribution in [0.1, 0.15) is 96.5 Å². The summed E-state index contributed by atoms with van der Waals surface area (Å²) in [6.45, 7) is 14.3. The summed E-state index contributed by atoms with van der Waals surface area (Å²) in [5.41, 5.74) is 9.68. The van der Waals surface area contributed by atoms with Gasteiger partial charge < -0.3 is 0 Å². The third-order valence-electron chi connectivity index (χ3n) is 6.16. The van der Waals surface area contributed by atoms with Gasteiger partial charge in [-0.3, -0.25) is 0 Å². The Hall–Kier alpha value is -1.86. The van der Waals surface area contributed by atoms with Gasteiger partial charge in [-0.15, -0.1) is 11.3 Å². The van der Waals surface area contributed by atoms with Gasteiger partial charge in [0.15, 0.2) is 0 Å². The van der Waals surface area contributed by atoms with Crippen LogP contribution in [0.15, 0.2) is 48.5 Å². The van der Waals surface area contributed by atoms with Crippen molar-refractivity contribution >= 4 is 11.3 Å². The van der Waals surface area contributed by atoms with E-state index in [2.05, 4.69) is 101 Å². The molecule has 3 aromatic rings. The first-order valence-electron chi connectivity index (χ1n) is 10.0. The maximum absolute atomic E-state index is 2.38. The molecule has 3 aliphatic carbocycles. The van der Waals surface area contributed by atoms with E-state index in [1.165, 1.54) is 22.3 Å². The molecule has 0 amide bonds. The van der Waals surface area contributed by atoms with Crippen LogP contribution in [0, 0.1) is 0 Å². The van der Waals surface area contributed by atoms with Crippen molar-refractivity contribution in [1.82, 2.24) is 0 Å². The normalized spacial score (nSPS) is 20.2. The third-order valence-corrected chi connectivity index (χ3v) is 8.23. The van der Waals surface area contributed by atoms with Crippen molar-refractivity contribution in [3.63, 3.8) is 0 Å². The van der Waals surface area contributed by atoms with E-state index in [1.807, 2.05) is 0 Å². The molecular weight excluding hydrogens is 344 g/mol. The van der Waals surface area contributed by atoms with Crippen LogP contribution in [0.2, 0.25) is 0 Å². The molecule has 0 spiro atoms. The molecule has 0 saturated carbocycles. The topological polar surface area (TPSA) is 0 Å². The van der Waals surface area contributed by atoms with Crippen LogP contribution >= 0.6 is 11.3 Å². The van der Waals surface area contributed by atoms with Gasteiger partial charge in [0.05, 0.1) is 0 Å². The van der Waals surface area contributed by atoms with Crippen molar-refractivity contribution in [2.45, 2.75) is 64.2 Å². The Morgan fingerprint density at radius 2 is 0.852 bits per heavy atom. The van der Waals surface area contributed by atoms with E-state index in [-0.39, 0.29) is 10.8 Å². The highest BCUT2D eigenvalue weighted by Crippen LogP contribution is 2.61. The van der Waals surface area contributed by atoms with Gasteiger partial charge in [-0.2, -0.15) is 0 Å². The maximum atomic E-state index is 2.38. The zero-order valence-corrected chi connectivity index (χ0v) is 18.0. The Bertz CT molecular complexity index is 923. The lowest BCUT2D eigenvalue weighted by molar-refractivity contribution is 0.580. The monoisotopic (exact) mass is 372 g/mol. The Morgan fingerprint density at radius 3 is 1.11 bits per heavy atom. The molecule has 0 atom stereocenters. The second-order valence-electron chi connectivity index (χ2n) is 10.2. The van der Waals surface area contributed by atoms with Crippen LogP contribution in [0.5, 0.6) is 0 Å². The van der Waals surface area contributed by atoms with Gasteiger partial charge in [-0.1, -0.05) is 90.1 Å². The molecule has 0 fully saturated rings. The van der Waals surface area contributed by atoms with E-state index in [4.69, 9.17) is 0 Å². The average Bonchev–Trinajstić information content (AvgIpc) is 3.03. The molecule has 1 aromatic heterocycles. The van der Waals surface area contributed by atoms with Crippen molar-refractivity contribution in [1.29, 1.82) is 0 Å². The zero-order chi connectivity index (χ0) is 19.1. The van der Waals surface area contributed by atoms with Gasteiger partial charge in [-0.05, 0) is 44.2 Å². The van der Waals surface area contributed by atoms with Crippen molar-refractivity contribution in [3.05, 3.63) is 91.7 Å². The van der Waals surface area contributed by atoms with E-state index in [9.17, 15) is 0 Å². The second-order valence-corrected chi connectivity index (χ2v) is 11.2. The molecular formula is C26H28S. The molecule has 0 aliphatic heterocycles. The zero-order valence-electron chi connectivity index (χ0n) is 17.2. The summed E-state index contributed by atoms with van der Waals surface area (Å²) in [5.74, 6) is 0.776. The molecule has 0 saturated heterocycles. The van der Waals surface area contributed by atoms with Crippen LogP contribution < -0.4 is 0 Å². The molecule has 27 heavy (non-hydrogen) atoms. The first-order chi connectivity index (χ1) is 12.7. The van der Waals surface area contributed by atoms with Gasteiger partial charge in [0.25, 0.3) is 0 Å². The highest BCUT2D eigenvalue weighted by molar-refractivity contribution is 7.12. The fourth-order valence-electron chi connectivity index (χ4n) is 5.17. The largest absolute Gasteiger partial charge is 0.144 e. The van der Waals surface area contributed by atoms with E-state index in [0.29, 0.717) is 11.8 Å². The number of hydrogen-bond donors (Lipinski definition) is 0. The van der Waals surface area contributed by atoms with E-state index < -0.39 is 0 Å². The number of thiophene rings is 1.